The van der Waals surface area contributed by atoms with Crippen molar-refractivity contribution in [3.63, 3.8) is 0 Å². The van der Waals surface area contributed by atoms with E-state index in [9.17, 15) is 0 Å². The molecule has 0 aromatic heterocycles. The molecule has 0 aliphatic rings. The molecule has 0 rings (SSSR count). The molecule has 0 aromatic rings. The Morgan fingerprint density at radius 3 is 0.667 bits per heavy atom. The van der Waals surface area contributed by atoms with Gasteiger partial charge in [-0.3, -0.25) is 0 Å². The molecule has 0 spiro atoms. The van der Waals surface area contributed by atoms with Crippen molar-refractivity contribution in [3.05, 3.63) is 0 Å². The summed E-state index contributed by atoms with van der Waals surface area (Å²) < 4.78 is 68.6. The molecule has 12 heteroatoms. The topological polar surface area (TPSA) is 161 Å². The summed E-state index contributed by atoms with van der Waals surface area (Å²) >= 11 is -11.2. The predicted molar refractivity (Wildman–Crippen MR) is 8.50 cm³/mol. The minimum atomic E-state index is -5.62. The molecule has 0 saturated heterocycles. The van der Waals surface area contributed by atoms with Gasteiger partial charge < -0.3 is 0 Å². The van der Waals surface area contributed by atoms with Crippen LogP contribution in [0.15, 0.2) is 0 Å². The van der Waals surface area contributed by atoms with Crippen molar-refractivity contribution in [1.82, 2.24) is 0 Å². The molecule has 12 heavy (non-hydrogen) atoms. The summed E-state index contributed by atoms with van der Waals surface area (Å²) in [7, 11) is 0. The van der Waals surface area contributed by atoms with Crippen LogP contribution in [-0.2, 0) is 42.1 Å². The number of hydrogen-bond donors (Lipinski definition) is 0. The van der Waals surface area contributed by atoms with E-state index in [2.05, 4.69) is 0 Å². The van der Waals surface area contributed by atoms with Crippen LogP contribution in [0, 0.1) is 0 Å². The Labute approximate surface area is 94.5 Å². The monoisotopic (exact) mass is 272 g/mol. The van der Waals surface area contributed by atoms with Gasteiger partial charge in [-0.05, 0) is 0 Å². The van der Waals surface area contributed by atoms with E-state index in [1.165, 1.54) is 0 Å². The Hall–Kier alpha value is 1.21. The molecular formula is AlLiMn2O8. The SMILES string of the molecule is [Al+3].[Li+].[O]=[Mn](=[O])([O-])[O-].[O]=[Mn](=[O])([O-])[O-]. The van der Waals surface area contributed by atoms with Gasteiger partial charge in [-0.25, -0.2) is 0 Å². The van der Waals surface area contributed by atoms with Crippen LogP contribution in [-0.4, -0.2) is 17.4 Å². The van der Waals surface area contributed by atoms with Gasteiger partial charge in [0.1, 0.15) is 0 Å². The van der Waals surface area contributed by atoms with E-state index in [-0.39, 0.29) is 36.2 Å². The molecule has 0 fully saturated rings. The molecule has 0 saturated carbocycles. The molecule has 0 heterocycles. The summed E-state index contributed by atoms with van der Waals surface area (Å²) in [6.07, 6.45) is 0. The van der Waals surface area contributed by atoms with Gasteiger partial charge in [0, 0.05) is 0 Å². The zero-order chi connectivity index (χ0) is 9.00. The van der Waals surface area contributed by atoms with Gasteiger partial charge in [0.15, 0.2) is 0 Å². The van der Waals surface area contributed by atoms with Crippen LogP contribution in [0.25, 0.3) is 0 Å². The van der Waals surface area contributed by atoms with Gasteiger partial charge in [0.2, 0.25) is 0 Å². The first-order valence-corrected chi connectivity index (χ1v) is 5.09. The van der Waals surface area contributed by atoms with Gasteiger partial charge in [-0.15, -0.1) is 0 Å². The molecule has 66 valence electrons. The number of rotatable bonds is 0. The zero-order valence-corrected chi connectivity index (χ0v) is 9.11. The third kappa shape index (κ3) is 799. The molecule has 8 nitrogen and oxygen atoms in total. The van der Waals surface area contributed by atoms with E-state index in [4.69, 9.17) is 32.1 Å². The number of hydrogen-bond acceptors (Lipinski definition) is 8. The summed E-state index contributed by atoms with van der Waals surface area (Å²) in [5.41, 5.74) is 0. The molecule has 0 aromatic carbocycles. The fraction of sp³-hybridized carbons (Fsp3) is 0. The molecular weight excluding hydrogens is 272 g/mol. The summed E-state index contributed by atoms with van der Waals surface area (Å²) in [6.45, 7) is 0. The summed E-state index contributed by atoms with van der Waals surface area (Å²) in [5.74, 6) is 0. The van der Waals surface area contributed by atoms with Gasteiger partial charge >= 0.3 is 95.1 Å². The van der Waals surface area contributed by atoms with Gasteiger partial charge in [-0.1, -0.05) is 0 Å². The van der Waals surface area contributed by atoms with Crippen molar-refractivity contribution in [1.29, 1.82) is 0 Å². The van der Waals surface area contributed by atoms with Gasteiger partial charge in [-0.2, -0.15) is 0 Å². The molecule has 0 radical (unpaired) electrons. The van der Waals surface area contributed by atoms with Gasteiger partial charge in [0.25, 0.3) is 0 Å². The van der Waals surface area contributed by atoms with E-state index >= 15 is 0 Å². The molecule has 0 atom stereocenters. The van der Waals surface area contributed by atoms with Crippen LogP contribution >= 0.6 is 0 Å². The fourth-order valence-electron chi connectivity index (χ4n) is 0. The standard InChI is InChI=1S/Al.Li.2Mn.8O/q+3;+1;;;;;;;4*-1. The maximum atomic E-state index is 8.58. The van der Waals surface area contributed by atoms with Crippen molar-refractivity contribution in [2.75, 3.05) is 0 Å². The van der Waals surface area contributed by atoms with E-state index in [0.717, 1.165) is 0 Å². The Morgan fingerprint density at radius 1 is 0.667 bits per heavy atom. The Bertz CT molecular complexity index is 213. The van der Waals surface area contributed by atoms with Crippen LogP contribution in [0.5, 0.6) is 0 Å². The Morgan fingerprint density at radius 2 is 0.667 bits per heavy atom. The first kappa shape index (κ1) is 23.2. The molecule has 0 N–H and O–H groups in total. The van der Waals surface area contributed by atoms with Crippen LogP contribution in [0.4, 0.5) is 0 Å². The first-order chi connectivity index (χ1) is 4.00. The second-order valence-corrected chi connectivity index (χ2v) is 3.12. The molecule has 0 amide bonds. The second-order valence-electron chi connectivity index (χ2n) is 0.756. The van der Waals surface area contributed by atoms with E-state index in [1.807, 2.05) is 0 Å². The van der Waals surface area contributed by atoms with Crippen LogP contribution in [0.1, 0.15) is 0 Å². The molecule has 0 aliphatic carbocycles. The summed E-state index contributed by atoms with van der Waals surface area (Å²) in [5, 5.41) is 0. The summed E-state index contributed by atoms with van der Waals surface area (Å²) in [6, 6.07) is 0. The third-order valence-corrected chi connectivity index (χ3v) is 0. The molecule has 0 aliphatic heterocycles. The quantitative estimate of drug-likeness (QED) is 0.392. The fourth-order valence-corrected chi connectivity index (χ4v) is 0. The second kappa shape index (κ2) is 8.79. The Kier molecular flexibility index (Phi) is 17.0. The van der Waals surface area contributed by atoms with E-state index < -0.39 is 26.7 Å². The van der Waals surface area contributed by atoms with E-state index in [0.29, 0.717) is 0 Å². The first-order valence-electron chi connectivity index (χ1n) is 1.23. The van der Waals surface area contributed by atoms with Gasteiger partial charge in [0.05, 0.1) is 0 Å². The normalized spacial score (nSPS) is 9.67. The maximum absolute atomic E-state index is 8.58. The third-order valence-electron chi connectivity index (χ3n) is 0. The zero-order valence-electron chi connectivity index (χ0n) is 5.60. The van der Waals surface area contributed by atoms with Crippen LogP contribution < -0.4 is 35.6 Å². The van der Waals surface area contributed by atoms with Crippen LogP contribution in [0.3, 0.4) is 0 Å². The average Bonchev–Trinajstić information content (AvgIpc) is 1.12. The summed E-state index contributed by atoms with van der Waals surface area (Å²) in [4.78, 5) is 0. The molecule has 0 bridgehead atoms. The van der Waals surface area contributed by atoms with Crippen molar-refractivity contribution >= 4 is 17.4 Å². The molecule has 0 unspecified atom stereocenters. The van der Waals surface area contributed by atoms with Crippen molar-refractivity contribution < 1.29 is 77.7 Å². The average molecular weight is 272 g/mol. The van der Waals surface area contributed by atoms with Crippen molar-refractivity contribution in [2.24, 2.45) is 0 Å². The van der Waals surface area contributed by atoms with Crippen molar-refractivity contribution in [2.45, 2.75) is 0 Å². The Balaban J connectivity index is -0.0000000457. The van der Waals surface area contributed by atoms with Crippen molar-refractivity contribution in [3.8, 4) is 0 Å². The van der Waals surface area contributed by atoms with E-state index in [1.54, 1.807) is 0 Å². The van der Waals surface area contributed by atoms with Crippen LogP contribution in [0.2, 0.25) is 0 Å². The minimum absolute atomic E-state index is 0. The predicted octanol–water partition coefficient (Wildman–Crippen LogP) is -8.61.